The van der Waals surface area contributed by atoms with E-state index in [1.807, 2.05) is 24.3 Å². The third-order valence-corrected chi connectivity index (χ3v) is 5.84. The first-order valence-electron chi connectivity index (χ1n) is 11.1. The van der Waals surface area contributed by atoms with Gasteiger partial charge < -0.3 is 25.2 Å². The van der Waals surface area contributed by atoms with Gasteiger partial charge in [-0.05, 0) is 28.7 Å². The van der Waals surface area contributed by atoms with Crippen LogP contribution in [0.2, 0.25) is 0 Å². The molecule has 0 spiro atoms. The Balaban J connectivity index is 1.49. The maximum absolute atomic E-state index is 12.3. The molecule has 0 saturated heterocycles. The largest absolute Gasteiger partial charge is 0.481 e. The maximum Gasteiger partial charge on any atom is 0.407 e. The summed E-state index contributed by atoms with van der Waals surface area (Å²) in [7, 11) is 1.45. The molecule has 2 aromatic carbocycles. The summed E-state index contributed by atoms with van der Waals surface area (Å²) in [5.41, 5.74) is 4.57. The second kappa shape index (κ2) is 11.5. The van der Waals surface area contributed by atoms with Gasteiger partial charge in [0.05, 0.1) is 18.9 Å². The van der Waals surface area contributed by atoms with Gasteiger partial charge in [0.1, 0.15) is 6.61 Å². The molecule has 0 radical (unpaired) electrons. The lowest BCUT2D eigenvalue weighted by Gasteiger charge is -2.19. The summed E-state index contributed by atoms with van der Waals surface area (Å²) in [6.45, 7) is 2.10. The Hall–Kier alpha value is -3.39. The first kappa shape index (κ1) is 24.3. The molecule has 1 unspecified atom stereocenters. The van der Waals surface area contributed by atoms with Crippen LogP contribution in [0.1, 0.15) is 43.2 Å². The SMILES string of the molecule is CC[C@@H](CC(=O)O)NC(=O)CC(CNC(=O)OCC1c2ccccc2-c2ccccc21)OC. The number of carbonyl (C=O) groups excluding carboxylic acids is 2. The smallest absolute Gasteiger partial charge is 0.407 e. The molecule has 0 fully saturated rings. The molecule has 0 aromatic heterocycles. The van der Waals surface area contributed by atoms with E-state index in [-0.39, 0.29) is 37.8 Å². The van der Waals surface area contributed by atoms with Gasteiger partial charge in [0.2, 0.25) is 5.91 Å². The minimum absolute atomic E-state index is 0.00370. The van der Waals surface area contributed by atoms with Gasteiger partial charge in [0.25, 0.3) is 0 Å². The fourth-order valence-electron chi connectivity index (χ4n) is 4.09. The molecule has 0 aliphatic heterocycles. The Bertz CT molecular complexity index is 947. The fourth-order valence-corrected chi connectivity index (χ4v) is 4.09. The van der Waals surface area contributed by atoms with E-state index in [1.165, 1.54) is 7.11 Å². The van der Waals surface area contributed by atoms with Gasteiger partial charge in [-0.3, -0.25) is 9.59 Å². The first-order chi connectivity index (χ1) is 15.9. The molecule has 2 amide bonds. The van der Waals surface area contributed by atoms with Gasteiger partial charge in [-0.15, -0.1) is 0 Å². The number of benzene rings is 2. The van der Waals surface area contributed by atoms with Crippen molar-refractivity contribution >= 4 is 18.0 Å². The highest BCUT2D eigenvalue weighted by molar-refractivity contribution is 5.79. The fraction of sp³-hybridized carbons (Fsp3) is 0.400. The summed E-state index contributed by atoms with van der Waals surface area (Å²) < 4.78 is 10.8. The maximum atomic E-state index is 12.3. The van der Waals surface area contributed by atoms with Gasteiger partial charge in [-0.1, -0.05) is 55.5 Å². The van der Waals surface area contributed by atoms with Crippen LogP contribution in [0.5, 0.6) is 0 Å². The van der Waals surface area contributed by atoms with Crippen LogP contribution in [0.15, 0.2) is 48.5 Å². The molecular weight excluding hydrogens is 424 g/mol. The highest BCUT2D eigenvalue weighted by atomic mass is 16.5. The zero-order valence-corrected chi connectivity index (χ0v) is 18.9. The summed E-state index contributed by atoms with van der Waals surface area (Å²) in [6, 6.07) is 15.8. The molecule has 2 atom stereocenters. The average Bonchev–Trinajstić information content (AvgIpc) is 3.13. The lowest BCUT2D eigenvalue weighted by molar-refractivity contribution is -0.137. The summed E-state index contributed by atoms with van der Waals surface area (Å²) in [5.74, 6) is -1.33. The average molecular weight is 455 g/mol. The number of alkyl carbamates (subject to hydrolysis) is 1. The molecule has 0 heterocycles. The quantitative estimate of drug-likeness (QED) is 0.480. The van der Waals surface area contributed by atoms with Crippen molar-refractivity contribution in [1.82, 2.24) is 10.6 Å². The summed E-state index contributed by atoms with van der Waals surface area (Å²) in [6.07, 6.45) is -0.786. The zero-order chi connectivity index (χ0) is 23.8. The number of fused-ring (bicyclic) bond motifs is 3. The monoisotopic (exact) mass is 454 g/mol. The molecule has 3 rings (SSSR count). The van der Waals surface area contributed by atoms with Crippen molar-refractivity contribution in [2.24, 2.45) is 0 Å². The number of aliphatic carboxylic acids is 1. The zero-order valence-electron chi connectivity index (χ0n) is 18.9. The number of amides is 2. The topological polar surface area (TPSA) is 114 Å². The van der Waals surface area contributed by atoms with Crippen molar-refractivity contribution < 1.29 is 29.0 Å². The number of carbonyl (C=O) groups is 3. The second-order valence-electron chi connectivity index (χ2n) is 8.04. The van der Waals surface area contributed by atoms with Gasteiger partial charge in [-0.2, -0.15) is 0 Å². The molecule has 2 aromatic rings. The lowest BCUT2D eigenvalue weighted by Crippen LogP contribution is -2.41. The number of ether oxygens (including phenoxy) is 2. The van der Waals surface area contributed by atoms with Gasteiger partial charge in [0.15, 0.2) is 0 Å². The van der Waals surface area contributed by atoms with Crippen molar-refractivity contribution in [3.05, 3.63) is 59.7 Å². The van der Waals surface area contributed by atoms with Gasteiger partial charge in [-0.25, -0.2) is 4.79 Å². The summed E-state index contributed by atoms with van der Waals surface area (Å²) >= 11 is 0. The van der Waals surface area contributed by atoms with E-state index in [2.05, 4.69) is 34.9 Å². The molecule has 1 aliphatic rings. The van der Waals surface area contributed by atoms with Gasteiger partial charge in [0, 0.05) is 25.6 Å². The number of hydrogen-bond acceptors (Lipinski definition) is 5. The lowest BCUT2D eigenvalue weighted by atomic mass is 9.98. The molecule has 0 saturated carbocycles. The van der Waals surface area contributed by atoms with E-state index in [9.17, 15) is 14.4 Å². The number of hydrogen-bond donors (Lipinski definition) is 3. The Kier molecular flexibility index (Phi) is 8.43. The molecule has 33 heavy (non-hydrogen) atoms. The van der Waals surface area contributed by atoms with E-state index in [0.29, 0.717) is 6.42 Å². The molecule has 8 heteroatoms. The van der Waals surface area contributed by atoms with E-state index in [0.717, 1.165) is 22.3 Å². The predicted octanol–water partition coefficient (Wildman–Crippen LogP) is 3.30. The van der Waals surface area contributed by atoms with Crippen molar-refractivity contribution in [2.45, 2.75) is 44.2 Å². The van der Waals surface area contributed by atoms with Crippen LogP contribution < -0.4 is 10.6 Å². The highest BCUT2D eigenvalue weighted by Crippen LogP contribution is 2.44. The van der Waals surface area contributed by atoms with Crippen molar-refractivity contribution in [2.75, 3.05) is 20.3 Å². The number of carboxylic acid groups (broad SMARTS) is 1. The molecule has 1 aliphatic carbocycles. The summed E-state index contributed by atoms with van der Waals surface area (Å²) in [5, 5.41) is 14.2. The third kappa shape index (κ3) is 6.32. The molecular formula is C25H30N2O6. The second-order valence-corrected chi connectivity index (χ2v) is 8.04. The van der Waals surface area contributed by atoms with Crippen molar-refractivity contribution in [3.63, 3.8) is 0 Å². The van der Waals surface area contributed by atoms with Crippen LogP contribution in [-0.2, 0) is 19.1 Å². The van der Waals surface area contributed by atoms with E-state index < -0.39 is 24.2 Å². The van der Waals surface area contributed by atoms with Crippen LogP contribution in [-0.4, -0.2) is 55.5 Å². The number of nitrogens with one attached hydrogen (secondary N) is 2. The summed E-state index contributed by atoms with van der Waals surface area (Å²) in [4.78, 5) is 35.4. The van der Waals surface area contributed by atoms with E-state index in [4.69, 9.17) is 14.6 Å². The standard InChI is InChI=1S/C25H30N2O6/c1-3-16(12-24(29)30)27-23(28)13-17(32-2)14-26-25(31)33-15-22-20-10-6-4-8-18(20)19-9-5-7-11-21(19)22/h4-11,16-17,22H,3,12-15H2,1-2H3,(H,26,31)(H,27,28)(H,29,30)/t16-,17?/m0/s1. The van der Waals surface area contributed by atoms with Crippen LogP contribution in [0.25, 0.3) is 11.1 Å². The number of rotatable bonds is 11. The van der Waals surface area contributed by atoms with Crippen molar-refractivity contribution in [3.8, 4) is 11.1 Å². The Morgan fingerprint density at radius 3 is 2.15 bits per heavy atom. The van der Waals surface area contributed by atoms with Crippen LogP contribution >= 0.6 is 0 Å². The minimum atomic E-state index is -0.970. The Labute approximate surface area is 193 Å². The molecule has 176 valence electrons. The normalized spacial score (nSPS) is 14.0. The van der Waals surface area contributed by atoms with E-state index >= 15 is 0 Å². The van der Waals surface area contributed by atoms with Crippen LogP contribution in [0, 0.1) is 0 Å². The van der Waals surface area contributed by atoms with Crippen molar-refractivity contribution in [1.29, 1.82) is 0 Å². The Morgan fingerprint density at radius 1 is 1.00 bits per heavy atom. The molecule has 0 bridgehead atoms. The first-order valence-corrected chi connectivity index (χ1v) is 11.1. The number of carboxylic acids is 1. The molecule has 3 N–H and O–H groups in total. The van der Waals surface area contributed by atoms with E-state index in [1.54, 1.807) is 6.92 Å². The minimum Gasteiger partial charge on any atom is -0.481 e. The van der Waals surface area contributed by atoms with Crippen LogP contribution in [0.4, 0.5) is 4.79 Å². The Morgan fingerprint density at radius 2 is 1.61 bits per heavy atom. The third-order valence-electron chi connectivity index (χ3n) is 5.84. The predicted molar refractivity (Wildman–Crippen MR) is 123 cm³/mol. The number of methoxy groups -OCH3 is 1. The van der Waals surface area contributed by atoms with Crippen LogP contribution in [0.3, 0.4) is 0 Å². The van der Waals surface area contributed by atoms with Gasteiger partial charge >= 0.3 is 12.1 Å². The highest BCUT2D eigenvalue weighted by Gasteiger charge is 2.29. The molecule has 8 nitrogen and oxygen atoms in total.